The maximum atomic E-state index is 13.2. The zero-order valence-corrected chi connectivity index (χ0v) is 17.7. The van der Waals surface area contributed by atoms with Crippen LogP contribution in [0.3, 0.4) is 0 Å². The van der Waals surface area contributed by atoms with Crippen molar-refractivity contribution < 1.29 is 29.3 Å². The van der Waals surface area contributed by atoms with E-state index in [4.69, 9.17) is 4.74 Å². The highest BCUT2D eigenvalue weighted by atomic mass is 16.5. The molecule has 0 fully saturated rings. The first-order valence-electron chi connectivity index (χ1n) is 10.4. The van der Waals surface area contributed by atoms with Gasteiger partial charge in [0.1, 0.15) is 11.3 Å². The molecule has 0 aliphatic heterocycles. The molecule has 7 heteroatoms. The van der Waals surface area contributed by atoms with E-state index >= 15 is 0 Å². The van der Waals surface area contributed by atoms with Gasteiger partial charge >= 0.3 is 5.97 Å². The molecule has 2 aliphatic rings. The summed E-state index contributed by atoms with van der Waals surface area (Å²) in [6.45, 7) is 0.229. The van der Waals surface area contributed by atoms with Gasteiger partial charge in [-0.25, -0.2) is 4.79 Å². The standard InChI is InChI=1S/C27H17NO6/c29-22-17-11-5-4-10-16(17)21(28-14-15-8-2-1-3-9-15)20(22)27(33)34-26-24(31)19-13-7-6-12-18(19)23(30)25(26)32/h1-13,29,32H,14H2. The van der Waals surface area contributed by atoms with E-state index in [0.29, 0.717) is 11.1 Å². The summed E-state index contributed by atoms with van der Waals surface area (Å²) in [6.07, 6.45) is 0. The van der Waals surface area contributed by atoms with Gasteiger partial charge in [-0.2, -0.15) is 0 Å². The van der Waals surface area contributed by atoms with Crippen LogP contribution in [-0.2, 0) is 16.1 Å². The van der Waals surface area contributed by atoms with Gasteiger partial charge in [0.15, 0.2) is 0 Å². The number of carbonyl (C=O) groups excluding carboxylic acids is 3. The van der Waals surface area contributed by atoms with Gasteiger partial charge in [0, 0.05) is 22.3 Å². The number of nitrogens with zero attached hydrogens (tertiary/aromatic N) is 1. The maximum absolute atomic E-state index is 13.2. The molecule has 2 aliphatic carbocycles. The lowest BCUT2D eigenvalue weighted by atomic mass is 9.92. The summed E-state index contributed by atoms with van der Waals surface area (Å²) in [5.41, 5.74) is 1.77. The van der Waals surface area contributed by atoms with E-state index in [2.05, 4.69) is 4.99 Å². The Labute approximate surface area is 194 Å². The van der Waals surface area contributed by atoms with Crippen LogP contribution >= 0.6 is 0 Å². The van der Waals surface area contributed by atoms with Crippen LogP contribution in [0.15, 0.2) is 101 Å². The third kappa shape index (κ3) is 3.40. The fraction of sp³-hybridized carbons (Fsp3) is 0.0370. The summed E-state index contributed by atoms with van der Waals surface area (Å²) in [7, 11) is 0. The number of aliphatic imine (C=N–C) groups is 1. The van der Waals surface area contributed by atoms with Crippen molar-refractivity contribution in [2.45, 2.75) is 6.54 Å². The first-order chi connectivity index (χ1) is 16.5. The van der Waals surface area contributed by atoms with E-state index in [1.807, 2.05) is 30.3 Å². The lowest BCUT2D eigenvalue weighted by Crippen LogP contribution is -2.26. The van der Waals surface area contributed by atoms with Gasteiger partial charge in [-0.1, -0.05) is 78.9 Å². The van der Waals surface area contributed by atoms with E-state index in [1.54, 1.807) is 36.4 Å². The number of fused-ring (bicyclic) bond motifs is 2. The molecule has 0 unspecified atom stereocenters. The summed E-state index contributed by atoms with van der Waals surface area (Å²) >= 11 is 0. The number of esters is 1. The second-order valence-corrected chi connectivity index (χ2v) is 7.69. The Bertz CT molecular complexity index is 1460. The Morgan fingerprint density at radius 2 is 1.26 bits per heavy atom. The van der Waals surface area contributed by atoms with Crippen LogP contribution < -0.4 is 0 Å². The lowest BCUT2D eigenvalue weighted by Gasteiger charge is -2.17. The van der Waals surface area contributed by atoms with E-state index in [-0.39, 0.29) is 34.7 Å². The number of hydrogen-bond donors (Lipinski definition) is 2. The number of benzene rings is 3. The van der Waals surface area contributed by atoms with E-state index < -0.39 is 29.1 Å². The van der Waals surface area contributed by atoms with Gasteiger partial charge in [-0.15, -0.1) is 0 Å². The van der Waals surface area contributed by atoms with Gasteiger partial charge in [0.2, 0.25) is 23.1 Å². The topological polar surface area (TPSA) is 113 Å². The van der Waals surface area contributed by atoms with Crippen molar-refractivity contribution in [1.82, 2.24) is 0 Å². The van der Waals surface area contributed by atoms with E-state index in [0.717, 1.165) is 5.56 Å². The smallest absolute Gasteiger partial charge is 0.349 e. The second-order valence-electron chi connectivity index (χ2n) is 7.69. The summed E-state index contributed by atoms with van der Waals surface area (Å²) in [5, 5.41) is 21.1. The molecule has 0 aromatic heterocycles. The van der Waals surface area contributed by atoms with Crippen LogP contribution in [0.25, 0.3) is 5.76 Å². The molecular formula is C27H17NO6. The molecule has 0 saturated carbocycles. The number of hydrogen-bond acceptors (Lipinski definition) is 7. The summed E-state index contributed by atoms with van der Waals surface area (Å²) < 4.78 is 5.23. The van der Waals surface area contributed by atoms with Gasteiger partial charge in [-0.3, -0.25) is 14.6 Å². The molecular weight excluding hydrogens is 434 g/mol. The Hall–Kier alpha value is -4.78. The SMILES string of the molecule is O=C(OC1=C(O)C(=O)c2ccccc2C1=O)C1=C(O)c2ccccc2C1=NCc1ccccc1. The zero-order valence-electron chi connectivity index (χ0n) is 17.7. The maximum Gasteiger partial charge on any atom is 0.349 e. The molecule has 34 heavy (non-hydrogen) atoms. The minimum Gasteiger partial charge on any atom is -0.506 e. The molecule has 3 aromatic carbocycles. The number of ether oxygens (including phenoxy) is 1. The summed E-state index contributed by atoms with van der Waals surface area (Å²) in [4.78, 5) is 43.1. The van der Waals surface area contributed by atoms with Gasteiger partial charge in [0.05, 0.1) is 12.3 Å². The Balaban J connectivity index is 1.52. The minimum atomic E-state index is -1.11. The number of ketones is 2. The molecule has 3 aromatic rings. The van der Waals surface area contributed by atoms with Crippen molar-refractivity contribution in [3.63, 3.8) is 0 Å². The molecule has 0 atom stereocenters. The lowest BCUT2D eigenvalue weighted by molar-refractivity contribution is -0.134. The number of carbonyl (C=O) groups is 3. The fourth-order valence-corrected chi connectivity index (χ4v) is 3.97. The molecule has 0 heterocycles. The predicted octanol–water partition coefficient (Wildman–Crippen LogP) is 4.35. The molecule has 0 spiro atoms. The van der Waals surface area contributed by atoms with Crippen LogP contribution in [0.4, 0.5) is 0 Å². The molecule has 0 amide bonds. The van der Waals surface area contributed by atoms with E-state index in [9.17, 15) is 24.6 Å². The number of allylic oxidation sites excluding steroid dienone is 2. The molecule has 7 nitrogen and oxygen atoms in total. The van der Waals surface area contributed by atoms with Crippen LogP contribution in [0.1, 0.15) is 37.4 Å². The third-order valence-corrected chi connectivity index (χ3v) is 5.63. The first-order valence-corrected chi connectivity index (χ1v) is 10.4. The molecule has 5 rings (SSSR count). The second kappa shape index (κ2) is 8.29. The van der Waals surface area contributed by atoms with Crippen molar-refractivity contribution in [2.75, 3.05) is 0 Å². The van der Waals surface area contributed by atoms with Crippen molar-refractivity contribution in [3.8, 4) is 0 Å². The predicted molar refractivity (Wildman–Crippen MR) is 124 cm³/mol. The number of aliphatic hydroxyl groups excluding tert-OH is 2. The number of rotatable bonds is 4. The highest BCUT2D eigenvalue weighted by molar-refractivity contribution is 6.35. The van der Waals surface area contributed by atoms with Crippen molar-refractivity contribution >= 4 is 29.0 Å². The van der Waals surface area contributed by atoms with Crippen LogP contribution in [0, 0.1) is 0 Å². The summed E-state index contributed by atoms with van der Waals surface area (Å²) in [6, 6.07) is 22.0. The third-order valence-electron chi connectivity index (χ3n) is 5.63. The number of Topliss-reactive ketones (excluding diaryl/α,β-unsaturated/α-hetero) is 2. The monoisotopic (exact) mass is 451 g/mol. The highest BCUT2D eigenvalue weighted by Gasteiger charge is 2.38. The Morgan fingerprint density at radius 3 is 1.94 bits per heavy atom. The average Bonchev–Trinajstić information content (AvgIpc) is 3.16. The van der Waals surface area contributed by atoms with Crippen LogP contribution in [0.5, 0.6) is 0 Å². The minimum absolute atomic E-state index is 0.0129. The van der Waals surface area contributed by atoms with Gasteiger partial charge < -0.3 is 14.9 Å². The van der Waals surface area contributed by atoms with Crippen LogP contribution in [-0.4, -0.2) is 33.5 Å². The molecule has 0 bridgehead atoms. The van der Waals surface area contributed by atoms with E-state index in [1.165, 1.54) is 12.1 Å². The van der Waals surface area contributed by atoms with Crippen molar-refractivity contribution in [3.05, 3.63) is 124 Å². The van der Waals surface area contributed by atoms with Crippen LogP contribution in [0.2, 0.25) is 0 Å². The normalized spacial score (nSPS) is 16.1. The van der Waals surface area contributed by atoms with Crippen molar-refractivity contribution in [1.29, 1.82) is 0 Å². The summed E-state index contributed by atoms with van der Waals surface area (Å²) in [5.74, 6) is -4.85. The fourth-order valence-electron chi connectivity index (χ4n) is 3.97. The number of aliphatic hydroxyl groups is 2. The van der Waals surface area contributed by atoms with Gasteiger partial charge in [0.25, 0.3) is 0 Å². The van der Waals surface area contributed by atoms with Crippen molar-refractivity contribution in [2.24, 2.45) is 4.99 Å². The molecule has 2 N–H and O–H groups in total. The molecule has 0 radical (unpaired) electrons. The largest absolute Gasteiger partial charge is 0.506 e. The first kappa shape index (κ1) is 21.1. The Morgan fingerprint density at radius 1 is 0.706 bits per heavy atom. The molecule has 0 saturated heterocycles. The quantitative estimate of drug-likeness (QED) is 0.570. The van der Waals surface area contributed by atoms with Gasteiger partial charge in [-0.05, 0) is 5.56 Å². The highest BCUT2D eigenvalue weighted by Crippen LogP contribution is 2.34. The Kier molecular flexibility index (Phi) is 5.14. The zero-order chi connectivity index (χ0) is 23.8. The molecule has 166 valence electrons. The average molecular weight is 451 g/mol.